The fourth-order valence-electron chi connectivity index (χ4n) is 1.80. The number of halogens is 3. The molecule has 0 spiro atoms. The van der Waals surface area contributed by atoms with E-state index in [1.165, 1.54) is 12.1 Å². The van der Waals surface area contributed by atoms with E-state index in [2.05, 4.69) is 4.18 Å². The zero-order chi connectivity index (χ0) is 15.0. The van der Waals surface area contributed by atoms with E-state index >= 15 is 0 Å². The number of alkyl halides is 3. The number of hydrogen-bond acceptors (Lipinski definition) is 5. The second-order valence-electron chi connectivity index (χ2n) is 4.11. The Hall–Kier alpha value is -0.680. The molecule has 0 radical (unpaired) electrons. The van der Waals surface area contributed by atoms with Crippen molar-refractivity contribution in [3.05, 3.63) is 29.2 Å². The average Bonchev–Trinajstić information content (AvgIpc) is 2.71. The lowest BCUT2D eigenvalue weighted by molar-refractivity contribution is 0.198. The summed E-state index contributed by atoms with van der Waals surface area (Å²) in [6.07, 6.45) is 2.64. The van der Waals surface area contributed by atoms with Gasteiger partial charge in [-0.05, 0) is 18.6 Å². The van der Waals surface area contributed by atoms with Crippen LogP contribution in [0.2, 0.25) is 0 Å². The van der Waals surface area contributed by atoms with Crippen molar-refractivity contribution in [3.8, 4) is 0 Å². The van der Waals surface area contributed by atoms with E-state index in [4.69, 9.17) is 9.52 Å². The lowest BCUT2D eigenvalue weighted by Gasteiger charge is -2.16. The lowest BCUT2D eigenvalue weighted by Crippen LogP contribution is -2.23. The molecule has 5 nitrogen and oxygen atoms in total. The molecule has 1 aromatic rings. The summed E-state index contributed by atoms with van der Waals surface area (Å²) >= 11 is 0.504. The van der Waals surface area contributed by atoms with Crippen molar-refractivity contribution in [2.45, 2.75) is 22.5 Å². The standard InChI is InChI=1S/C11H11F2IO5S/c12-11(13,14)20(16,17)19-10-3-1-2-9-8(10)6-7(18-9)4-5-15/h3,6,15H,1-2,4-5H2. The topological polar surface area (TPSA) is 76.7 Å². The van der Waals surface area contributed by atoms with Crippen molar-refractivity contribution < 1.29 is 30.9 Å². The number of hydrogen-bond donors (Lipinski definition) is 1. The van der Waals surface area contributed by atoms with Gasteiger partial charge < -0.3 is 13.7 Å². The summed E-state index contributed by atoms with van der Waals surface area (Å²) in [5, 5.41) is 8.84. The molecule has 0 fully saturated rings. The van der Waals surface area contributed by atoms with E-state index in [-0.39, 0.29) is 18.8 Å². The minimum atomic E-state index is -5.05. The highest BCUT2D eigenvalue weighted by atomic mass is 127. The van der Waals surface area contributed by atoms with Gasteiger partial charge in [-0.15, -0.1) is 0 Å². The molecule has 1 N–H and O–H groups in total. The Bertz CT molecular complexity index is 630. The number of allylic oxidation sites excluding steroid dienone is 1. The monoisotopic (exact) mass is 420 g/mol. The zero-order valence-electron chi connectivity index (χ0n) is 10.1. The highest BCUT2D eigenvalue weighted by Crippen LogP contribution is 2.37. The summed E-state index contributed by atoms with van der Waals surface area (Å²) in [6, 6.07) is 1.50. The van der Waals surface area contributed by atoms with Crippen LogP contribution in [0.4, 0.5) is 8.78 Å². The quantitative estimate of drug-likeness (QED) is 0.450. The molecular weight excluding hydrogens is 409 g/mol. The highest BCUT2D eigenvalue weighted by Gasteiger charge is 2.45. The van der Waals surface area contributed by atoms with Gasteiger partial charge in [-0.25, -0.2) is 0 Å². The van der Waals surface area contributed by atoms with Gasteiger partial charge in [-0.3, -0.25) is 0 Å². The van der Waals surface area contributed by atoms with Crippen LogP contribution in [0.25, 0.3) is 5.76 Å². The first-order chi connectivity index (χ1) is 9.24. The van der Waals surface area contributed by atoms with Crippen molar-refractivity contribution in [3.63, 3.8) is 0 Å². The van der Waals surface area contributed by atoms with Gasteiger partial charge >= 0.3 is 13.4 Å². The predicted molar refractivity (Wildman–Crippen MR) is 74.8 cm³/mol. The Morgan fingerprint density at radius 2 is 2.20 bits per heavy atom. The maximum atomic E-state index is 12.9. The molecule has 0 saturated carbocycles. The maximum Gasteiger partial charge on any atom is 0.428 e. The minimum absolute atomic E-state index is 0.129. The second kappa shape index (κ2) is 5.60. The Labute approximate surface area is 127 Å². The highest BCUT2D eigenvalue weighted by molar-refractivity contribution is 14.1. The van der Waals surface area contributed by atoms with Crippen LogP contribution < -0.4 is 0 Å². The average molecular weight is 420 g/mol. The molecule has 1 aliphatic carbocycles. The van der Waals surface area contributed by atoms with Crippen LogP contribution in [0.3, 0.4) is 0 Å². The van der Waals surface area contributed by atoms with Crippen LogP contribution in [0.1, 0.15) is 23.5 Å². The van der Waals surface area contributed by atoms with Gasteiger partial charge in [0, 0.05) is 35.4 Å². The normalized spacial score (nSPS) is 15.7. The van der Waals surface area contributed by atoms with Crippen LogP contribution in [-0.2, 0) is 27.1 Å². The van der Waals surface area contributed by atoms with Crippen LogP contribution in [-0.4, -0.2) is 23.4 Å². The summed E-state index contributed by atoms with van der Waals surface area (Å²) in [4.78, 5) is 0. The smallest absolute Gasteiger partial charge is 0.428 e. The van der Waals surface area contributed by atoms with Gasteiger partial charge in [0.25, 0.3) is 0 Å². The molecule has 20 heavy (non-hydrogen) atoms. The first-order valence-electron chi connectivity index (χ1n) is 5.68. The second-order valence-corrected chi connectivity index (χ2v) is 7.79. The molecule has 0 aliphatic heterocycles. The Kier molecular flexibility index (Phi) is 4.40. The zero-order valence-corrected chi connectivity index (χ0v) is 13.1. The van der Waals surface area contributed by atoms with Crippen molar-refractivity contribution in [1.82, 2.24) is 0 Å². The molecule has 1 heterocycles. The summed E-state index contributed by atoms with van der Waals surface area (Å²) in [7, 11) is -5.05. The van der Waals surface area contributed by atoms with E-state index in [0.29, 0.717) is 52.5 Å². The number of aryl methyl sites for hydroxylation is 1. The fraction of sp³-hybridized carbons (Fsp3) is 0.455. The molecule has 0 bridgehead atoms. The number of furan rings is 1. The summed E-state index contributed by atoms with van der Waals surface area (Å²) in [5.41, 5.74) is 0.337. The summed E-state index contributed by atoms with van der Waals surface area (Å²) in [6.45, 7) is -0.129. The van der Waals surface area contributed by atoms with E-state index in [1.54, 1.807) is 0 Å². The molecule has 112 valence electrons. The molecule has 0 aromatic carbocycles. The van der Waals surface area contributed by atoms with Crippen LogP contribution in [0, 0.1) is 0 Å². The molecule has 0 saturated heterocycles. The lowest BCUT2D eigenvalue weighted by atomic mass is 10.0. The first-order valence-corrected chi connectivity index (χ1v) is 8.17. The van der Waals surface area contributed by atoms with Crippen molar-refractivity contribution >= 4 is 38.5 Å². The van der Waals surface area contributed by atoms with Gasteiger partial charge in [0.15, 0.2) is 0 Å². The van der Waals surface area contributed by atoms with Crippen LogP contribution in [0.5, 0.6) is 0 Å². The van der Waals surface area contributed by atoms with Gasteiger partial charge in [-0.2, -0.15) is 17.2 Å². The number of aliphatic hydroxyl groups is 1. The van der Waals surface area contributed by atoms with Crippen molar-refractivity contribution in [2.75, 3.05) is 6.61 Å². The third-order valence-corrected chi connectivity index (χ3v) is 5.25. The third-order valence-electron chi connectivity index (χ3n) is 2.67. The van der Waals surface area contributed by atoms with E-state index in [9.17, 15) is 17.2 Å². The minimum Gasteiger partial charge on any atom is -0.465 e. The first kappa shape index (κ1) is 15.7. The van der Waals surface area contributed by atoms with E-state index < -0.39 is 13.4 Å². The Balaban J connectivity index is 2.30. The molecule has 0 unspecified atom stereocenters. The SMILES string of the molecule is O=S(=O)(OC1=CCCc2oc(CCO)cc21)C(F)(F)I. The van der Waals surface area contributed by atoms with E-state index in [1.807, 2.05) is 0 Å². The van der Waals surface area contributed by atoms with Gasteiger partial charge in [0.2, 0.25) is 0 Å². The van der Waals surface area contributed by atoms with Gasteiger partial charge in [0.05, 0.1) is 12.2 Å². The third kappa shape index (κ3) is 3.14. The number of rotatable bonds is 5. The van der Waals surface area contributed by atoms with Crippen LogP contribution in [0.15, 0.2) is 16.6 Å². The largest absolute Gasteiger partial charge is 0.465 e. The molecule has 1 aromatic heterocycles. The molecular formula is C11H11F2IO5S. The van der Waals surface area contributed by atoms with Gasteiger partial charge in [-0.1, -0.05) is 0 Å². The molecule has 0 amide bonds. The predicted octanol–water partition coefficient (Wildman–Crippen LogP) is 2.43. The molecule has 1 aliphatic rings. The molecule has 2 rings (SSSR count). The summed E-state index contributed by atoms with van der Waals surface area (Å²) < 4.78 is 54.6. The Morgan fingerprint density at radius 3 is 2.80 bits per heavy atom. The molecule has 9 heteroatoms. The fourth-order valence-corrected chi connectivity index (χ4v) is 2.56. The van der Waals surface area contributed by atoms with Crippen molar-refractivity contribution in [1.29, 1.82) is 0 Å². The number of fused-ring (bicyclic) bond motifs is 1. The van der Waals surface area contributed by atoms with Crippen LogP contribution >= 0.6 is 22.6 Å². The van der Waals surface area contributed by atoms with Gasteiger partial charge in [0.1, 0.15) is 17.3 Å². The molecule has 0 atom stereocenters. The Morgan fingerprint density at radius 1 is 1.50 bits per heavy atom. The maximum absolute atomic E-state index is 12.9. The summed E-state index contributed by atoms with van der Waals surface area (Å²) in [5.74, 6) is 0.765. The van der Waals surface area contributed by atoms with E-state index in [0.717, 1.165) is 0 Å². The number of aliphatic hydroxyl groups excluding tert-OH is 1. The van der Waals surface area contributed by atoms with Crippen molar-refractivity contribution in [2.24, 2.45) is 0 Å².